The number of carboxylic acids is 1. The van der Waals surface area contributed by atoms with E-state index in [-0.39, 0.29) is 11.3 Å². The van der Waals surface area contributed by atoms with E-state index in [0.29, 0.717) is 0 Å². The summed E-state index contributed by atoms with van der Waals surface area (Å²) < 4.78 is 0. The van der Waals surface area contributed by atoms with Crippen LogP contribution in [-0.2, 0) is 9.59 Å². The summed E-state index contributed by atoms with van der Waals surface area (Å²) >= 11 is 0. The highest BCUT2D eigenvalue weighted by molar-refractivity contribution is 6.38. The predicted molar refractivity (Wildman–Crippen MR) is 54.8 cm³/mol. The van der Waals surface area contributed by atoms with Gasteiger partial charge in [0, 0.05) is 6.07 Å². The van der Waals surface area contributed by atoms with Crippen LogP contribution in [0.1, 0.15) is 5.56 Å². The molecule has 6 heteroatoms. The van der Waals surface area contributed by atoms with Gasteiger partial charge in [-0.3, -0.25) is 14.9 Å². The lowest BCUT2D eigenvalue weighted by atomic mass is 10.1. The number of nitro groups is 1. The number of nitrogens with zero attached hydrogens (tertiary/aromatic N) is 1. The molecule has 0 fully saturated rings. The number of carbonyl (C=O) groups is 2. The third-order valence-electron chi connectivity index (χ3n) is 1.76. The van der Waals surface area contributed by atoms with Crippen molar-refractivity contribution in [3.8, 4) is 0 Å². The van der Waals surface area contributed by atoms with Crippen LogP contribution in [0.25, 0.3) is 6.08 Å². The van der Waals surface area contributed by atoms with E-state index in [1.807, 2.05) is 0 Å². The first kappa shape index (κ1) is 11.6. The number of aliphatic carboxylic acids is 1. The lowest BCUT2D eigenvalue weighted by Crippen LogP contribution is -2.08. The molecule has 0 aliphatic rings. The molecule has 0 radical (unpaired) electrons. The molecule has 0 aromatic heterocycles. The van der Waals surface area contributed by atoms with Gasteiger partial charge in [-0.15, -0.1) is 0 Å². The van der Waals surface area contributed by atoms with Crippen molar-refractivity contribution in [3.05, 3.63) is 46.0 Å². The predicted octanol–water partition coefficient (Wildman–Crippen LogP) is 1.26. The van der Waals surface area contributed by atoms with Crippen LogP contribution in [-0.4, -0.2) is 21.8 Å². The lowest BCUT2D eigenvalue weighted by molar-refractivity contribution is -0.385. The van der Waals surface area contributed by atoms with Crippen molar-refractivity contribution in [2.75, 3.05) is 0 Å². The molecule has 16 heavy (non-hydrogen) atoms. The molecule has 0 saturated carbocycles. The standard InChI is InChI=1S/C10H7NO5/c12-9(10(13)14)6-5-7-3-1-2-4-8(7)11(15)16/h1-6H,(H,13,14). The first-order chi connectivity index (χ1) is 7.52. The molecule has 1 rings (SSSR count). The maximum absolute atomic E-state index is 10.7. The van der Waals surface area contributed by atoms with Crippen LogP contribution in [0.2, 0.25) is 0 Å². The van der Waals surface area contributed by atoms with Crippen LogP contribution in [0.5, 0.6) is 0 Å². The van der Waals surface area contributed by atoms with E-state index in [1.165, 1.54) is 18.2 Å². The van der Waals surface area contributed by atoms with Gasteiger partial charge in [0.15, 0.2) is 0 Å². The number of para-hydroxylation sites is 1. The van der Waals surface area contributed by atoms with E-state index in [9.17, 15) is 19.7 Å². The zero-order valence-corrected chi connectivity index (χ0v) is 7.99. The van der Waals surface area contributed by atoms with Gasteiger partial charge in [0.1, 0.15) is 0 Å². The molecule has 0 spiro atoms. The molecule has 1 aromatic rings. The Kier molecular flexibility index (Phi) is 3.49. The van der Waals surface area contributed by atoms with Crippen LogP contribution in [0.3, 0.4) is 0 Å². The second kappa shape index (κ2) is 4.83. The van der Waals surface area contributed by atoms with E-state index in [1.54, 1.807) is 6.07 Å². The van der Waals surface area contributed by atoms with E-state index >= 15 is 0 Å². The molecule has 0 aliphatic carbocycles. The second-order valence-electron chi connectivity index (χ2n) is 2.82. The fourth-order valence-corrected chi connectivity index (χ4v) is 1.03. The molecule has 1 aromatic carbocycles. The summed E-state index contributed by atoms with van der Waals surface area (Å²) in [6, 6.07) is 5.72. The van der Waals surface area contributed by atoms with Crippen molar-refractivity contribution in [2.45, 2.75) is 0 Å². The topological polar surface area (TPSA) is 97.5 Å². The average molecular weight is 221 g/mol. The number of carboxylic acid groups (broad SMARTS) is 1. The van der Waals surface area contributed by atoms with Gasteiger partial charge < -0.3 is 5.11 Å². The Balaban J connectivity index is 3.02. The van der Waals surface area contributed by atoms with Crippen LogP contribution in [0.4, 0.5) is 5.69 Å². The number of rotatable bonds is 4. The molecule has 6 nitrogen and oxygen atoms in total. The van der Waals surface area contributed by atoms with Crippen molar-refractivity contribution in [1.82, 2.24) is 0 Å². The number of benzene rings is 1. The fraction of sp³-hybridized carbons (Fsp3) is 0. The number of hydrogen-bond donors (Lipinski definition) is 1. The molecule has 82 valence electrons. The Hall–Kier alpha value is -2.50. The monoisotopic (exact) mass is 221 g/mol. The summed E-state index contributed by atoms with van der Waals surface area (Å²) in [5, 5.41) is 18.9. The average Bonchev–Trinajstić information content (AvgIpc) is 2.25. The van der Waals surface area contributed by atoms with Gasteiger partial charge in [-0.05, 0) is 18.2 Å². The Labute approximate surface area is 90.0 Å². The normalized spacial score (nSPS) is 10.2. The Morgan fingerprint density at radius 2 is 1.94 bits per heavy atom. The SMILES string of the molecule is O=C(O)C(=O)C=Cc1ccccc1[N+](=O)[O-]. The first-order valence-corrected chi connectivity index (χ1v) is 4.21. The summed E-state index contributed by atoms with van der Waals surface area (Å²) in [6.07, 6.45) is 1.89. The lowest BCUT2D eigenvalue weighted by Gasteiger charge is -1.95. The Morgan fingerprint density at radius 3 is 2.50 bits per heavy atom. The van der Waals surface area contributed by atoms with E-state index < -0.39 is 16.7 Å². The molecule has 0 aliphatic heterocycles. The number of ketones is 1. The van der Waals surface area contributed by atoms with E-state index in [2.05, 4.69) is 0 Å². The first-order valence-electron chi connectivity index (χ1n) is 4.21. The number of carbonyl (C=O) groups excluding carboxylic acids is 1. The Morgan fingerprint density at radius 1 is 1.31 bits per heavy atom. The summed E-state index contributed by atoms with van der Waals surface area (Å²) in [6.45, 7) is 0. The van der Waals surface area contributed by atoms with Crippen LogP contribution in [0, 0.1) is 10.1 Å². The van der Waals surface area contributed by atoms with Crippen molar-refractivity contribution < 1.29 is 19.6 Å². The highest BCUT2D eigenvalue weighted by Gasteiger charge is 2.11. The maximum atomic E-state index is 10.7. The molecule has 0 atom stereocenters. The largest absolute Gasteiger partial charge is 0.475 e. The molecular weight excluding hydrogens is 214 g/mol. The van der Waals surface area contributed by atoms with E-state index in [4.69, 9.17) is 5.11 Å². The molecular formula is C10H7NO5. The van der Waals surface area contributed by atoms with E-state index in [0.717, 1.165) is 12.2 Å². The fourth-order valence-electron chi connectivity index (χ4n) is 1.03. The zero-order valence-electron chi connectivity index (χ0n) is 7.99. The van der Waals surface area contributed by atoms with Gasteiger partial charge in [0.2, 0.25) is 0 Å². The third-order valence-corrected chi connectivity index (χ3v) is 1.76. The zero-order chi connectivity index (χ0) is 12.1. The molecule has 0 heterocycles. The summed E-state index contributed by atoms with van der Waals surface area (Å²) in [5.41, 5.74) is -0.000890. The number of nitro benzene ring substituents is 1. The molecule has 0 bridgehead atoms. The van der Waals surface area contributed by atoms with Gasteiger partial charge in [-0.2, -0.15) is 0 Å². The van der Waals surface area contributed by atoms with Crippen molar-refractivity contribution in [2.24, 2.45) is 0 Å². The quantitative estimate of drug-likeness (QED) is 0.357. The molecule has 0 amide bonds. The van der Waals surface area contributed by atoms with Gasteiger partial charge >= 0.3 is 5.97 Å². The third kappa shape index (κ3) is 2.74. The molecule has 0 saturated heterocycles. The minimum atomic E-state index is -1.60. The van der Waals surface area contributed by atoms with Crippen molar-refractivity contribution in [1.29, 1.82) is 0 Å². The highest BCUT2D eigenvalue weighted by atomic mass is 16.6. The summed E-state index contributed by atoms with van der Waals surface area (Å²) in [5.74, 6) is -2.73. The highest BCUT2D eigenvalue weighted by Crippen LogP contribution is 2.18. The van der Waals surface area contributed by atoms with Crippen molar-refractivity contribution in [3.63, 3.8) is 0 Å². The smallest absolute Gasteiger partial charge is 0.376 e. The summed E-state index contributed by atoms with van der Waals surface area (Å²) in [7, 11) is 0. The van der Waals surface area contributed by atoms with Crippen LogP contribution in [0.15, 0.2) is 30.3 Å². The minimum absolute atomic E-state index is 0.183. The van der Waals surface area contributed by atoms with Crippen LogP contribution < -0.4 is 0 Å². The minimum Gasteiger partial charge on any atom is -0.475 e. The Bertz CT molecular complexity index is 478. The molecule has 0 unspecified atom stereocenters. The maximum Gasteiger partial charge on any atom is 0.376 e. The van der Waals surface area contributed by atoms with Gasteiger partial charge in [0.25, 0.3) is 11.5 Å². The van der Waals surface area contributed by atoms with Crippen molar-refractivity contribution >= 4 is 23.5 Å². The van der Waals surface area contributed by atoms with Gasteiger partial charge in [-0.1, -0.05) is 12.1 Å². The van der Waals surface area contributed by atoms with Gasteiger partial charge in [-0.25, -0.2) is 4.79 Å². The van der Waals surface area contributed by atoms with Gasteiger partial charge in [0.05, 0.1) is 10.5 Å². The van der Waals surface area contributed by atoms with Crippen LogP contribution >= 0.6 is 0 Å². The molecule has 1 N–H and O–H groups in total. The number of hydrogen-bond acceptors (Lipinski definition) is 4. The second-order valence-corrected chi connectivity index (χ2v) is 2.82. The summed E-state index contributed by atoms with van der Waals surface area (Å²) in [4.78, 5) is 30.9.